The Morgan fingerprint density at radius 1 is 0.921 bits per heavy atom. The van der Waals surface area contributed by atoms with Crippen molar-refractivity contribution in [2.75, 3.05) is 18.0 Å². The second-order valence-corrected chi connectivity index (χ2v) is 9.55. The van der Waals surface area contributed by atoms with E-state index in [0.717, 1.165) is 39.2 Å². The molecule has 0 spiro atoms. The molecular formula is C30H25N7O. The summed E-state index contributed by atoms with van der Waals surface area (Å²) in [6.45, 7) is 1.32. The lowest BCUT2D eigenvalue weighted by molar-refractivity contribution is 0.0745. The zero-order chi connectivity index (χ0) is 26.1. The zero-order valence-electron chi connectivity index (χ0n) is 20.9. The van der Waals surface area contributed by atoms with Crippen LogP contribution in [0.15, 0.2) is 79.5 Å². The quantitative estimate of drug-likeness (QED) is 0.376. The van der Waals surface area contributed by atoms with E-state index >= 15 is 0 Å². The molecule has 1 aromatic carbocycles. The number of aliphatic hydroxyl groups is 1. The monoisotopic (exact) mass is 499 g/mol. The first-order chi connectivity index (χ1) is 18.5. The number of fused-ring (bicyclic) bond motifs is 1. The molecule has 6 rings (SSSR count). The van der Waals surface area contributed by atoms with Gasteiger partial charge in [0, 0.05) is 79.4 Å². The maximum Gasteiger partial charge on any atom is 0.129 e. The highest BCUT2D eigenvalue weighted by molar-refractivity contribution is 5.87. The van der Waals surface area contributed by atoms with E-state index in [2.05, 4.69) is 39.1 Å². The molecule has 1 saturated heterocycles. The third kappa shape index (κ3) is 4.50. The molecule has 0 aliphatic carbocycles. The predicted molar refractivity (Wildman–Crippen MR) is 145 cm³/mol. The molecule has 8 nitrogen and oxygen atoms in total. The normalized spacial score (nSPS) is 14.6. The minimum absolute atomic E-state index is 0.508. The van der Waals surface area contributed by atoms with Gasteiger partial charge in [-0.1, -0.05) is 30.0 Å². The first-order valence-electron chi connectivity index (χ1n) is 12.4. The van der Waals surface area contributed by atoms with Gasteiger partial charge in [-0.3, -0.25) is 4.68 Å². The molecule has 4 aromatic heterocycles. The van der Waals surface area contributed by atoms with Crippen LogP contribution >= 0.6 is 0 Å². The molecule has 186 valence electrons. The summed E-state index contributed by atoms with van der Waals surface area (Å²) in [6.07, 6.45) is 10.2. The van der Waals surface area contributed by atoms with Crippen molar-refractivity contribution >= 4 is 11.3 Å². The summed E-state index contributed by atoms with van der Waals surface area (Å²) in [6, 6.07) is 18.1. The first kappa shape index (κ1) is 23.5. The van der Waals surface area contributed by atoms with Crippen LogP contribution in [0.2, 0.25) is 0 Å². The van der Waals surface area contributed by atoms with Crippen molar-refractivity contribution in [2.24, 2.45) is 7.05 Å². The molecule has 38 heavy (non-hydrogen) atoms. The largest absolute Gasteiger partial charge is 0.377 e. The summed E-state index contributed by atoms with van der Waals surface area (Å²) in [7, 11) is 1.88. The number of hydrogen-bond acceptors (Lipinski definition) is 6. The number of piperidine rings is 1. The van der Waals surface area contributed by atoms with Gasteiger partial charge in [0.15, 0.2) is 0 Å². The van der Waals surface area contributed by atoms with E-state index in [9.17, 15) is 10.4 Å². The molecule has 1 aliphatic rings. The number of nitriles is 1. The lowest BCUT2D eigenvalue weighted by Crippen LogP contribution is -2.43. The van der Waals surface area contributed by atoms with Crippen molar-refractivity contribution in [3.63, 3.8) is 0 Å². The number of rotatable bonds is 3. The Bertz CT molecular complexity index is 1710. The van der Waals surface area contributed by atoms with Gasteiger partial charge in [0.05, 0.1) is 23.5 Å². The van der Waals surface area contributed by atoms with Crippen molar-refractivity contribution in [2.45, 2.75) is 18.4 Å². The van der Waals surface area contributed by atoms with Gasteiger partial charge in [-0.05, 0) is 30.3 Å². The van der Waals surface area contributed by atoms with Crippen molar-refractivity contribution in [3.8, 4) is 40.2 Å². The Morgan fingerprint density at radius 2 is 1.74 bits per heavy atom. The summed E-state index contributed by atoms with van der Waals surface area (Å²) < 4.78 is 3.50. The summed E-state index contributed by atoms with van der Waals surface area (Å²) in [4.78, 5) is 6.92. The highest BCUT2D eigenvalue weighted by Crippen LogP contribution is 2.33. The Hall–Kier alpha value is -4.92. The first-order valence-corrected chi connectivity index (χ1v) is 12.4. The Balaban J connectivity index is 1.25. The summed E-state index contributed by atoms with van der Waals surface area (Å²) in [5, 5.41) is 29.4. The van der Waals surface area contributed by atoms with Crippen LogP contribution in [0.4, 0.5) is 5.82 Å². The van der Waals surface area contributed by atoms with E-state index < -0.39 is 5.60 Å². The summed E-state index contributed by atoms with van der Waals surface area (Å²) >= 11 is 0. The molecule has 1 aliphatic heterocycles. The van der Waals surface area contributed by atoms with E-state index in [1.807, 2.05) is 74.3 Å². The van der Waals surface area contributed by atoms with E-state index in [1.165, 1.54) is 0 Å². The number of benzene rings is 1. The molecule has 0 atom stereocenters. The molecule has 1 fully saturated rings. The molecule has 1 N–H and O–H groups in total. The highest BCUT2D eigenvalue weighted by atomic mass is 16.3. The van der Waals surface area contributed by atoms with E-state index in [-0.39, 0.29) is 0 Å². The lowest BCUT2D eigenvalue weighted by Gasteiger charge is -2.35. The molecule has 0 unspecified atom stereocenters. The van der Waals surface area contributed by atoms with Gasteiger partial charge in [-0.15, -0.1) is 0 Å². The van der Waals surface area contributed by atoms with Gasteiger partial charge in [-0.2, -0.15) is 15.5 Å². The molecular weight excluding hydrogens is 474 g/mol. The van der Waals surface area contributed by atoms with Gasteiger partial charge in [-0.25, -0.2) is 9.50 Å². The van der Waals surface area contributed by atoms with E-state index in [1.54, 1.807) is 15.4 Å². The standard InChI is InChI=1S/C30H25N7O/c1-35-20-26(19-33-35)24-15-27(29-25(16-31)18-34-37(29)21-24)23-7-8-28(32-17-23)36-13-11-30(38,12-14-36)10-9-22-5-3-2-4-6-22/h2-8,15,17-21,38H,11-14H2,1H3. The predicted octanol–water partition coefficient (Wildman–Crippen LogP) is 4.05. The van der Waals surface area contributed by atoms with Crippen LogP contribution in [-0.2, 0) is 7.05 Å². The highest BCUT2D eigenvalue weighted by Gasteiger charge is 2.31. The van der Waals surface area contributed by atoms with Crippen molar-refractivity contribution < 1.29 is 5.11 Å². The fourth-order valence-electron chi connectivity index (χ4n) is 4.82. The van der Waals surface area contributed by atoms with Crippen LogP contribution in [0.3, 0.4) is 0 Å². The third-order valence-corrected chi connectivity index (χ3v) is 6.96. The van der Waals surface area contributed by atoms with E-state index in [4.69, 9.17) is 4.98 Å². The second-order valence-electron chi connectivity index (χ2n) is 9.55. The van der Waals surface area contributed by atoms with Gasteiger partial charge in [0.25, 0.3) is 0 Å². The molecule has 5 aromatic rings. The fourth-order valence-corrected chi connectivity index (χ4v) is 4.82. The number of pyridine rings is 2. The fraction of sp³-hybridized carbons (Fsp3) is 0.200. The van der Waals surface area contributed by atoms with Crippen molar-refractivity contribution in [3.05, 3.63) is 90.6 Å². The van der Waals surface area contributed by atoms with Gasteiger partial charge < -0.3 is 10.0 Å². The summed E-state index contributed by atoms with van der Waals surface area (Å²) in [5.41, 5.74) is 4.84. The van der Waals surface area contributed by atoms with Gasteiger partial charge in [0.1, 0.15) is 17.5 Å². The lowest BCUT2D eigenvalue weighted by atomic mass is 9.91. The van der Waals surface area contributed by atoms with Crippen LogP contribution < -0.4 is 4.90 Å². The Kier molecular flexibility index (Phi) is 5.88. The topological polar surface area (TPSA) is 95.3 Å². The van der Waals surface area contributed by atoms with Crippen LogP contribution in [0.5, 0.6) is 0 Å². The third-order valence-electron chi connectivity index (χ3n) is 6.96. The average Bonchev–Trinajstić information content (AvgIpc) is 3.59. The minimum Gasteiger partial charge on any atom is -0.377 e. The Labute approximate surface area is 220 Å². The van der Waals surface area contributed by atoms with Crippen LogP contribution in [0, 0.1) is 23.2 Å². The summed E-state index contributed by atoms with van der Waals surface area (Å²) in [5.74, 6) is 7.03. The Morgan fingerprint density at radius 3 is 2.42 bits per heavy atom. The number of aromatic nitrogens is 5. The maximum absolute atomic E-state index is 11.0. The van der Waals surface area contributed by atoms with Crippen molar-refractivity contribution in [1.29, 1.82) is 5.26 Å². The van der Waals surface area contributed by atoms with Crippen LogP contribution in [0.25, 0.3) is 27.8 Å². The second kappa shape index (κ2) is 9.51. The number of nitrogens with zero attached hydrogens (tertiary/aromatic N) is 7. The minimum atomic E-state index is -1.000. The van der Waals surface area contributed by atoms with Gasteiger partial charge >= 0.3 is 0 Å². The van der Waals surface area contributed by atoms with Crippen molar-refractivity contribution in [1.82, 2.24) is 24.4 Å². The number of anilines is 1. The zero-order valence-corrected chi connectivity index (χ0v) is 20.9. The number of hydrogen-bond donors (Lipinski definition) is 1. The number of aryl methyl sites for hydroxylation is 1. The maximum atomic E-state index is 11.0. The van der Waals surface area contributed by atoms with Gasteiger partial charge in [0.2, 0.25) is 0 Å². The SMILES string of the molecule is Cn1cc(-c2cc(-c3ccc(N4CCC(O)(C#Cc5ccccc5)CC4)nc3)c3c(C#N)cnn3c2)cn1. The molecule has 0 saturated carbocycles. The smallest absolute Gasteiger partial charge is 0.129 e. The average molecular weight is 500 g/mol. The molecule has 5 heterocycles. The molecule has 0 radical (unpaired) electrons. The van der Waals surface area contributed by atoms with Crippen LogP contribution in [-0.4, -0.2) is 48.2 Å². The molecule has 0 amide bonds. The van der Waals surface area contributed by atoms with E-state index in [0.29, 0.717) is 31.5 Å². The molecule has 8 heteroatoms. The van der Waals surface area contributed by atoms with Crippen LogP contribution in [0.1, 0.15) is 24.0 Å². The molecule has 0 bridgehead atoms.